The number of aromatic nitrogens is 2. The first-order valence-corrected chi connectivity index (χ1v) is 8.26. The fourth-order valence-corrected chi connectivity index (χ4v) is 2.62. The molecule has 1 aromatic heterocycles. The van der Waals surface area contributed by atoms with E-state index in [-0.39, 0.29) is 5.69 Å². The van der Waals surface area contributed by atoms with Crippen molar-refractivity contribution in [1.29, 1.82) is 0 Å². The van der Waals surface area contributed by atoms with Gasteiger partial charge in [0.25, 0.3) is 0 Å². The van der Waals surface area contributed by atoms with Crippen molar-refractivity contribution < 1.29 is 18.0 Å². The summed E-state index contributed by atoms with van der Waals surface area (Å²) in [7, 11) is 1.81. The Kier molecular flexibility index (Phi) is 5.21. The number of rotatable bonds is 5. The number of nitrogens with zero attached hydrogens (tertiary/aromatic N) is 2. The quantitative estimate of drug-likeness (QED) is 0.609. The summed E-state index contributed by atoms with van der Waals surface area (Å²) in [4.78, 5) is 15.9. The predicted octanol–water partition coefficient (Wildman–Crippen LogP) is 4.97. The van der Waals surface area contributed by atoms with Crippen LogP contribution in [-0.4, -0.2) is 15.5 Å². The van der Waals surface area contributed by atoms with Gasteiger partial charge < -0.3 is 15.2 Å². The normalized spacial score (nSPS) is 11.1. The third-order valence-corrected chi connectivity index (χ3v) is 3.92. The standard InChI is InChI=1S/C20H17F3N4O/c1-3-19(28)26-15-7-8-16(18-11-27(2)12-24-18)17(10-15)25-14-6-4-5-13(9-14)20(21,22)23/h3-12,25H,1H2,2H3,(H,26,28). The van der Waals surface area contributed by atoms with Crippen molar-refractivity contribution in [2.45, 2.75) is 6.18 Å². The molecule has 28 heavy (non-hydrogen) atoms. The minimum absolute atomic E-state index is 0.263. The van der Waals surface area contributed by atoms with Crippen molar-refractivity contribution in [2.24, 2.45) is 7.05 Å². The maximum atomic E-state index is 13.0. The summed E-state index contributed by atoms with van der Waals surface area (Å²) in [5.74, 6) is -0.393. The van der Waals surface area contributed by atoms with E-state index in [0.29, 0.717) is 22.6 Å². The molecule has 0 atom stereocenters. The third-order valence-electron chi connectivity index (χ3n) is 3.92. The molecule has 0 aliphatic rings. The average Bonchev–Trinajstić information content (AvgIpc) is 3.07. The molecule has 2 N–H and O–H groups in total. The van der Waals surface area contributed by atoms with E-state index in [0.717, 1.165) is 18.2 Å². The summed E-state index contributed by atoms with van der Waals surface area (Å²) in [6.07, 6.45) is 0.0965. The molecule has 0 saturated heterocycles. The predicted molar refractivity (Wildman–Crippen MR) is 102 cm³/mol. The summed E-state index contributed by atoms with van der Waals surface area (Å²) in [5, 5.41) is 5.63. The van der Waals surface area contributed by atoms with Crippen LogP contribution in [0, 0.1) is 0 Å². The number of halogens is 3. The Morgan fingerprint density at radius 1 is 1.18 bits per heavy atom. The molecule has 144 valence electrons. The van der Waals surface area contributed by atoms with Gasteiger partial charge in [-0.2, -0.15) is 13.2 Å². The molecular formula is C20H17F3N4O. The van der Waals surface area contributed by atoms with Gasteiger partial charge >= 0.3 is 6.18 Å². The number of nitrogens with one attached hydrogen (secondary N) is 2. The zero-order chi connectivity index (χ0) is 20.3. The van der Waals surface area contributed by atoms with Crippen LogP contribution in [0.4, 0.5) is 30.2 Å². The first kappa shape index (κ1) is 19.2. The molecule has 0 aliphatic heterocycles. The Hall–Kier alpha value is -3.55. The Morgan fingerprint density at radius 2 is 1.96 bits per heavy atom. The maximum Gasteiger partial charge on any atom is 0.416 e. The molecule has 1 heterocycles. The van der Waals surface area contributed by atoms with Gasteiger partial charge in [-0.05, 0) is 42.5 Å². The molecule has 1 amide bonds. The number of alkyl halides is 3. The van der Waals surface area contributed by atoms with E-state index in [2.05, 4.69) is 22.2 Å². The minimum Gasteiger partial charge on any atom is -0.355 e. The van der Waals surface area contributed by atoms with Crippen LogP contribution < -0.4 is 10.6 Å². The van der Waals surface area contributed by atoms with Crippen molar-refractivity contribution in [2.75, 3.05) is 10.6 Å². The fraction of sp³-hybridized carbons (Fsp3) is 0.100. The lowest BCUT2D eigenvalue weighted by atomic mass is 10.1. The first-order valence-electron chi connectivity index (χ1n) is 8.26. The van der Waals surface area contributed by atoms with E-state index in [1.54, 1.807) is 35.3 Å². The van der Waals surface area contributed by atoms with Crippen LogP contribution >= 0.6 is 0 Å². The SMILES string of the molecule is C=CC(=O)Nc1ccc(-c2cn(C)cn2)c(Nc2cccc(C(F)(F)F)c2)c1. The highest BCUT2D eigenvalue weighted by atomic mass is 19.4. The van der Waals surface area contributed by atoms with Crippen LogP contribution in [0.5, 0.6) is 0 Å². The lowest BCUT2D eigenvalue weighted by molar-refractivity contribution is -0.137. The lowest BCUT2D eigenvalue weighted by Gasteiger charge is -2.15. The Balaban J connectivity index is 2.02. The fourth-order valence-electron chi connectivity index (χ4n) is 2.62. The van der Waals surface area contributed by atoms with Gasteiger partial charge in [-0.25, -0.2) is 4.98 Å². The highest BCUT2D eigenvalue weighted by molar-refractivity contribution is 5.99. The lowest BCUT2D eigenvalue weighted by Crippen LogP contribution is -2.08. The maximum absolute atomic E-state index is 13.0. The van der Waals surface area contributed by atoms with Gasteiger partial charge in [0, 0.05) is 30.2 Å². The van der Waals surface area contributed by atoms with Crippen molar-refractivity contribution >= 4 is 23.0 Å². The molecule has 0 bridgehead atoms. The van der Waals surface area contributed by atoms with Crippen LogP contribution in [0.25, 0.3) is 11.3 Å². The number of aryl methyl sites for hydroxylation is 1. The Labute approximate surface area is 159 Å². The van der Waals surface area contributed by atoms with E-state index >= 15 is 0 Å². The van der Waals surface area contributed by atoms with E-state index in [1.165, 1.54) is 12.1 Å². The second-order valence-corrected chi connectivity index (χ2v) is 6.08. The number of carbonyl (C=O) groups excluding carboxylic acids is 1. The van der Waals surface area contributed by atoms with Crippen molar-refractivity contribution in [3.8, 4) is 11.3 Å². The summed E-state index contributed by atoms with van der Waals surface area (Å²) in [6, 6.07) is 9.94. The number of carbonyl (C=O) groups is 1. The van der Waals surface area contributed by atoms with Crippen LogP contribution in [-0.2, 0) is 18.0 Å². The minimum atomic E-state index is -4.44. The van der Waals surface area contributed by atoms with Gasteiger partial charge in [0.2, 0.25) is 5.91 Å². The molecule has 0 saturated carbocycles. The van der Waals surface area contributed by atoms with Crippen molar-refractivity contribution in [3.05, 3.63) is 73.2 Å². The monoisotopic (exact) mass is 386 g/mol. The van der Waals surface area contributed by atoms with Crippen molar-refractivity contribution in [1.82, 2.24) is 9.55 Å². The van der Waals surface area contributed by atoms with E-state index in [9.17, 15) is 18.0 Å². The summed E-state index contributed by atoms with van der Waals surface area (Å²) >= 11 is 0. The highest BCUT2D eigenvalue weighted by Gasteiger charge is 2.30. The van der Waals surface area contributed by atoms with E-state index in [4.69, 9.17) is 0 Å². The zero-order valence-corrected chi connectivity index (χ0v) is 14.9. The first-order chi connectivity index (χ1) is 13.3. The number of amides is 1. The molecule has 5 nitrogen and oxygen atoms in total. The topological polar surface area (TPSA) is 59.0 Å². The molecule has 2 aromatic carbocycles. The molecule has 0 unspecified atom stereocenters. The summed E-state index contributed by atoms with van der Waals surface area (Å²) < 4.78 is 40.8. The number of benzene rings is 2. The molecular weight excluding hydrogens is 369 g/mol. The van der Waals surface area contributed by atoms with Crippen molar-refractivity contribution in [3.63, 3.8) is 0 Å². The van der Waals surface area contributed by atoms with Gasteiger partial charge in [-0.1, -0.05) is 12.6 Å². The van der Waals surface area contributed by atoms with E-state index < -0.39 is 17.6 Å². The van der Waals surface area contributed by atoms with Crippen LogP contribution in [0.15, 0.2) is 67.6 Å². The Morgan fingerprint density at radius 3 is 2.61 bits per heavy atom. The smallest absolute Gasteiger partial charge is 0.355 e. The average molecular weight is 386 g/mol. The molecule has 0 fully saturated rings. The van der Waals surface area contributed by atoms with E-state index in [1.807, 2.05) is 7.05 Å². The second-order valence-electron chi connectivity index (χ2n) is 6.08. The van der Waals surface area contributed by atoms with Crippen LogP contribution in [0.2, 0.25) is 0 Å². The number of imidazole rings is 1. The number of anilines is 3. The summed E-state index contributed by atoms with van der Waals surface area (Å²) in [6.45, 7) is 3.40. The van der Waals surface area contributed by atoms with Crippen LogP contribution in [0.3, 0.4) is 0 Å². The molecule has 0 aliphatic carbocycles. The Bertz CT molecular complexity index is 1020. The van der Waals surface area contributed by atoms with Gasteiger partial charge in [0.15, 0.2) is 0 Å². The van der Waals surface area contributed by atoms with Gasteiger partial charge in [-0.15, -0.1) is 0 Å². The molecule has 3 aromatic rings. The van der Waals surface area contributed by atoms with Gasteiger partial charge in [0.05, 0.1) is 23.3 Å². The highest BCUT2D eigenvalue weighted by Crippen LogP contribution is 2.34. The third kappa shape index (κ3) is 4.40. The zero-order valence-electron chi connectivity index (χ0n) is 14.9. The molecule has 0 spiro atoms. The number of hydrogen-bond donors (Lipinski definition) is 2. The molecule has 3 rings (SSSR count). The largest absolute Gasteiger partial charge is 0.416 e. The summed E-state index contributed by atoms with van der Waals surface area (Å²) in [5.41, 5.74) is 1.79. The second kappa shape index (κ2) is 7.59. The molecule has 0 radical (unpaired) electrons. The van der Waals surface area contributed by atoms with Crippen LogP contribution in [0.1, 0.15) is 5.56 Å². The number of hydrogen-bond acceptors (Lipinski definition) is 3. The molecule has 8 heteroatoms. The van der Waals surface area contributed by atoms with Gasteiger partial charge in [-0.3, -0.25) is 4.79 Å². The van der Waals surface area contributed by atoms with Gasteiger partial charge in [0.1, 0.15) is 0 Å².